The number of nitrogens with zero attached hydrogens (tertiary/aromatic N) is 4. The standard InChI is InChI=1S/C32H54BrN5O7Si2/c1-18(2)46(19(3)4)41-15-22-24(44-47(45-46,20(5)6)21(7)8)25(33)32(42-22,43-29(40)31(12,13)14)38-17-36-23-26(34-16-35-27(23)38)37-28(39)30(9,10)11/h16-22,24-25H,15H2,1-14H3,(H,34,35,37,39)/t22-,24-,25-,32-/m1/s1. The summed E-state index contributed by atoms with van der Waals surface area (Å²) in [5.41, 5.74) is -0.448. The van der Waals surface area contributed by atoms with Crippen molar-refractivity contribution in [2.24, 2.45) is 10.8 Å². The van der Waals surface area contributed by atoms with Crippen molar-refractivity contribution >= 4 is 61.9 Å². The number of rotatable bonds is 7. The van der Waals surface area contributed by atoms with Gasteiger partial charge < -0.3 is 27.8 Å². The molecule has 2 aliphatic rings. The highest BCUT2D eigenvalue weighted by Crippen LogP contribution is 2.52. The first-order chi connectivity index (χ1) is 21.5. The molecule has 0 unspecified atom stereocenters. The van der Waals surface area contributed by atoms with Gasteiger partial charge in [0.05, 0.1) is 18.1 Å². The maximum absolute atomic E-state index is 13.8. The highest BCUT2D eigenvalue weighted by molar-refractivity contribution is 9.09. The van der Waals surface area contributed by atoms with E-state index in [1.54, 1.807) is 25.3 Å². The first-order valence-electron chi connectivity index (χ1n) is 16.6. The summed E-state index contributed by atoms with van der Waals surface area (Å²) in [6.07, 6.45) is 1.59. The van der Waals surface area contributed by atoms with E-state index in [9.17, 15) is 9.59 Å². The summed E-state index contributed by atoms with van der Waals surface area (Å²) in [6, 6.07) is 0. The topological polar surface area (TPSA) is 136 Å². The summed E-state index contributed by atoms with van der Waals surface area (Å²) in [6.45, 7) is 28.2. The smallest absolute Gasteiger partial charge is 0.335 e. The van der Waals surface area contributed by atoms with Gasteiger partial charge in [0.25, 0.3) is 0 Å². The van der Waals surface area contributed by atoms with Crippen molar-refractivity contribution in [2.75, 3.05) is 11.9 Å². The lowest BCUT2D eigenvalue weighted by Gasteiger charge is -2.51. The maximum atomic E-state index is 13.8. The number of esters is 1. The van der Waals surface area contributed by atoms with E-state index >= 15 is 0 Å². The van der Waals surface area contributed by atoms with Crippen molar-refractivity contribution in [3.8, 4) is 0 Å². The summed E-state index contributed by atoms with van der Waals surface area (Å²) < 4.78 is 36.6. The van der Waals surface area contributed by atoms with E-state index in [2.05, 4.69) is 91.6 Å². The quantitative estimate of drug-likeness (QED) is 0.177. The van der Waals surface area contributed by atoms with Crippen LogP contribution in [0.3, 0.4) is 0 Å². The number of fused-ring (bicyclic) bond motifs is 2. The first kappa shape index (κ1) is 38.1. The Morgan fingerprint density at radius 2 is 1.51 bits per heavy atom. The second-order valence-electron chi connectivity index (χ2n) is 16.1. The molecule has 0 bridgehead atoms. The predicted octanol–water partition coefficient (Wildman–Crippen LogP) is 7.13. The van der Waals surface area contributed by atoms with Crippen molar-refractivity contribution in [2.45, 2.75) is 142 Å². The first-order valence-corrected chi connectivity index (χ1v) is 21.5. The molecule has 47 heavy (non-hydrogen) atoms. The number of carbonyl (C=O) groups is 2. The number of nitrogens with one attached hydrogen (secondary N) is 1. The van der Waals surface area contributed by atoms with E-state index in [1.165, 1.54) is 12.7 Å². The minimum atomic E-state index is -3.04. The van der Waals surface area contributed by atoms with E-state index < -0.39 is 56.9 Å². The van der Waals surface area contributed by atoms with Gasteiger partial charge in [0.15, 0.2) is 17.0 Å². The summed E-state index contributed by atoms with van der Waals surface area (Å²) in [5, 5.41) is 2.87. The molecule has 0 aliphatic carbocycles. The Bertz CT molecular complexity index is 1460. The van der Waals surface area contributed by atoms with E-state index in [0.29, 0.717) is 11.2 Å². The molecule has 2 aromatic heterocycles. The van der Waals surface area contributed by atoms with Crippen LogP contribution >= 0.6 is 15.9 Å². The molecule has 4 atom stereocenters. The van der Waals surface area contributed by atoms with Crippen LogP contribution in [-0.2, 0) is 37.9 Å². The molecule has 2 saturated heterocycles. The molecule has 2 aliphatic heterocycles. The second-order valence-corrected chi connectivity index (χ2v) is 25.9. The zero-order valence-corrected chi connectivity index (χ0v) is 34.0. The lowest BCUT2D eigenvalue weighted by Crippen LogP contribution is -2.65. The Morgan fingerprint density at radius 1 is 0.936 bits per heavy atom. The van der Waals surface area contributed by atoms with Gasteiger partial charge in [-0.1, -0.05) is 92.1 Å². The summed E-state index contributed by atoms with van der Waals surface area (Å²) >= 11 is 3.92. The minimum Gasteiger partial charge on any atom is -0.414 e. The SMILES string of the molecule is CC(C)[Si]1(C(C)C)OC[C@H]2O[C@](OC(=O)C(C)(C)C)(n3cnc4c(NC(=O)C(C)(C)C)ncnc43)[C@H](Br)[C@@H]2O[Si](C(C)C)(C(C)C)O1. The molecule has 1 N–H and O–H groups in total. The molecule has 2 aromatic rings. The fourth-order valence-electron chi connectivity index (χ4n) is 6.20. The maximum Gasteiger partial charge on any atom is 0.335 e. The third kappa shape index (κ3) is 6.74. The fraction of sp³-hybridized carbons (Fsp3) is 0.781. The van der Waals surface area contributed by atoms with Gasteiger partial charge in [0.2, 0.25) is 5.91 Å². The average molecular weight is 757 g/mol. The number of hydrogen-bond acceptors (Lipinski definition) is 10. The number of hydrogen-bond donors (Lipinski definition) is 1. The number of ether oxygens (including phenoxy) is 2. The molecule has 2 fully saturated rings. The highest BCUT2D eigenvalue weighted by atomic mass is 79.9. The van der Waals surface area contributed by atoms with Crippen molar-refractivity contribution in [1.82, 2.24) is 19.5 Å². The van der Waals surface area contributed by atoms with Crippen LogP contribution in [0.5, 0.6) is 0 Å². The number of imidazole rings is 1. The molecule has 15 heteroatoms. The molecule has 264 valence electrons. The van der Waals surface area contributed by atoms with Crippen LogP contribution in [-0.4, -0.2) is 72.2 Å². The van der Waals surface area contributed by atoms with Gasteiger partial charge in [0, 0.05) is 5.41 Å². The second kappa shape index (κ2) is 13.2. The monoisotopic (exact) mass is 755 g/mol. The molecular formula is C32H54BrN5O7Si2. The third-order valence-corrected chi connectivity index (χ3v) is 20.4. The van der Waals surface area contributed by atoms with E-state index in [-0.39, 0.29) is 40.5 Å². The Labute approximate surface area is 290 Å². The molecule has 0 spiro atoms. The predicted molar refractivity (Wildman–Crippen MR) is 188 cm³/mol. The lowest BCUT2D eigenvalue weighted by atomic mass is 9.96. The zero-order valence-electron chi connectivity index (χ0n) is 30.4. The normalized spacial score (nSPS) is 26.5. The summed E-state index contributed by atoms with van der Waals surface area (Å²) in [5.74, 6) is -2.26. The Kier molecular flexibility index (Phi) is 10.7. The highest BCUT2D eigenvalue weighted by Gasteiger charge is 2.66. The van der Waals surface area contributed by atoms with Crippen molar-refractivity contribution in [1.29, 1.82) is 0 Å². The van der Waals surface area contributed by atoms with Gasteiger partial charge in [-0.05, 0) is 42.9 Å². The van der Waals surface area contributed by atoms with Gasteiger partial charge in [-0.2, -0.15) is 0 Å². The number of amides is 1. The van der Waals surface area contributed by atoms with Crippen LogP contribution in [0.25, 0.3) is 11.2 Å². The molecule has 0 radical (unpaired) electrons. The minimum absolute atomic E-state index is 0.0804. The third-order valence-electron chi connectivity index (χ3n) is 9.09. The van der Waals surface area contributed by atoms with Gasteiger partial charge >= 0.3 is 29.0 Å². The average Bonchev–Trinajstić information content (AvgIpc) is 3.47. The largest absolute Gasteiger partial charge is 0.414 e. The van der Waals surface area contributed by atoms with E-state index in [4.69, 9.17) is 22.4 Å². The number of alkyl halides is 1. The Hall–Kier alpha value is -1.76. The van der Waals surface area contributed by atoms with Gasteiger partial charge in [0.1, 0.15) is 23.6 Å². The summed E-state index contributed by atoms with van der Waals surface area (Å²) in [7, 11) is -5.91. The number of halogens is 1. The van der Waals surface area contributed by atoms with Crippen LogP contribution in [0.2, 0.25) is 22.2 Å². The van der Waals surface area contributed by atoms with Gasteiger partial charge in [-0.3, -0.25) is 9.59 Å². The molecule has 4 rings (SSSR count). The molecule has 0 saturated carbocycles. The number of anilines is 1. The van der Waals surface area contributed by atoms with Crippen molar-refractivity contribution in [3.05, 3.63) is 12.7 Å². The van der Waals surface area contributed by atoms with Crippen LogP contribution in [0.15, 0.2) is 12.7 Å². The fourth-order valence-corrected chi connectivity index (χ4v) is 18.5. The van der Waals surface area contributed by atoms with Crippen LogP contribution in [0.1, 0.15) is 96.9 Å². The zero-order chi connectivity index (χ0) is 35.5. The number of aromatic nitrogens is 4. The van der Waals surface area contributed by atoms with Crippen molar-refractivity contribution < 1.29 is 32.0 Å². The molecule has 0 aromatic carbocycles. The Morgan fingerprint density at radius 3 is 2.02 bits per heavy atom. The number of carbonyl (C=O) groups excluding carboxylic acids is 2. The van der Waals surface area contributed by atoms with Crippen LogP contribution in [0.4, 0.5) is 5.82 Å². The van der Waals surface area contributed by atoms with Crippen LogP contribution in [0, 0.1) is 10.8 Å². The van der Waals surface area contributed by atoms with E-state index in [1.807, 2.05) is 20.8 Å². The van der Waals surface area contributed by atoms with E-state index in [0.717, 1.165) is 0 Å². The van der Waals surface area contributed by atoms with Crippen LogP contribution < -0.4 is 5.32 Å². The van der Waals surface area contributed by atoms with Gasteiger partial charge in [-0.15, -0.1) is 0 Å². The molecule has 4 heterocycles. The van der Waals surface area contributed by atoms with Crippen molar-refractivity contribution in [3.63, 3.8) is 0 Å². The molecule has 12 nitrogen and oxygen atoms in total. The Balaban J connectivity index is 1.93. The summed E-state index contributed by atoms with van der Waals surface area (Å²) in [4.78, 5) is 39.4. The lowest BCUT2D eigenvalue weighted by molar-refractivity contribution is -0.273. The van der Waals surface area contributed by atoms with Gasteiger partial charge in [-0.25, -0.2) is 19.5 Å². The molecular weight excluding hydrogens is 702 g/mol. The molecule has 1 amide bonds.